The van der Waals surface area contributed by atoms with Gasteiger partial charge < -0.3 is 10.4 Å². The molecule has 0 saturated carbocycles. The molecular formula is C14H20N2O2. The number of aliphatic hydroxyl groups is 1. The van der Waals surface area contributed by atoms with Crippen molar-refractivity contribution in [2.75, 3.05) is 6.54 Å². The van der Waals surface area contributed by atoms with Gasteiger partial charge in [0.1, 0.15) is 5.76 Å². The lowest BCUT2D eigenvalue weighted by Crippen LogP contribution is -2.44. The fraction of sp³-hybridized carbons (Fsp3) is 0.714. The molecule has 2 atom stereocenters. The van der Waals surface area contributed by atoms with Crippen molar-refractivity contribution in [2.45, 2.75) is 40.0 Å². The Balaban J connectivity index is 2.51. The Hall–Kier alpha value is -1.50. The van der Waals surface area contributed by atoms with Gasteiger partial charge in [-0.05, 0) is 24.2 Å². The molecule has 18 heavy (non-hydrogen) atoms. The van der Waals surface area contributed by atoms with Crippen molar-refractivity contribution in [3.8, 4) is 6.07 Å². The standard InChI is InChI=1S/C14H20N2O2/c1-13(2)10-4-5-16-11(17)7-14(10,3)6-9(8-15)12(13)18/h10,18H,4-7H2,1-3H3,(H,16,17)/t10-,14+/m0/s1. The van der Waals surface area contributed by atoms with Gasteiger partial charge in [0.25, 0.3) is 0 Å². The van der Waals surface area contributed by atoms with Gasteiger partial charge in [-0.25, -0.2) is 0 Å². The number of carbonyl (C=O) groups excluding carboxylic acids is 1. The van der Waals surface area contributed by atoms with E-state index in [1.165, 1.54) is 0 Å². The zero-order chi connectivity index (χ0) is 13.6. The summed E-state index contributed by atoms with van der Waals surface area (Å²) in [6.45, 7) is 6.65. The molecule has 0 aromatic carbocycles. The van der Waals surface area contributed by atoms with Gasteiger partial charge in [0.15, 0.2) is 0 Å². The molecule has 1 fully saturated rings. The van der Waals surface area contributed by atoms with Crippen LogP contribution in [0.15, 0.2) is 11.3 Å². The fourth-order valence-electron chi connectivity index (χ4n) is 3.81. The van der Waals surface area contributed by atoms with Crippen molar-refractivity contribution >= 4 is 5.91 Å². The van der Waals surface area contributed by atoms with Gasteiger partial charge in [-0.2, -0.15) is 5.26 Å². The van der Waals surface area contributed by atoms with Gasteiger partial charge in [-0.1, -0.05) is 20.8 Å². The molecule has 0 radical (unpaired) electrons. The van der Waals surface area contributed by atoms with Crippen molar-refractivity contribution in [1.29, 1.82) is 5.26 Å². The van der Waals surface area contributed by atoms with Crippen molar-refractivity contribution in [3.05, 3.63) is 11.3 Å². The van der Waals surface area contributed by atoms with Crippen molar-refractivity contribution in [2.24, 2.45) is 16.7 Å². The second kappa shape index (κ2) is 4.01. The zero-order valence-electron chi connectivity index (χ0n) is 11.2. The van der Waals surface area contributed by atoms with E-state index in [0.29, 0.717) is 25.0 Å². The molecule has 4 nitrogen and oxygen atoms in total. The molecule has 0 spiro atoms. The van der Waals surface area contributed by atoms with Crippen LogP contribution in [0.25, 0.3) is 0 Å². The first-order valence-electron chi connectivity index (χ1n) is 6.40. The Labute approximate surface area is 108 Å². The number of rotatable bonds is 0. The molecule has 1 heterocycles. The summed E-state index contributed by atoms with van der Waals surface area (Å²) >= 11 is 0. The predicted molar refractivity (Wildman–Crippen MR) is 67.5 cm³/mol. The number of nitriles is 1. The summed E-state index contributed by atoms with van der Waals surface area (Å²) in [6.07, 6.45) is 1.77. The van der Waals surface area contributed by atoms with E-state index >= 15 is 0 Å². The van der Waals surface area contributed by atoms with E-state index in [2.05, 4.69) is 18.3 Å². The van der Waals surface area contributed by atoms with Crippen LogP contribution in [0.1, 0.15) is 40.0 Å². The quantitative estimate of drug-likeness (QED) is 0.690. The summed E-state index contributed by atoms with van der Waals surface area (Å²) < 4.78 is 0. The Bertz CT molecular complexity index is 459. The van der Waals surface area contributed by atoms with E-state index in [4.69, 9.17) is 5.26 Å². The van der Waals surface area contributed by atoms with Gasteiger partial charge in [0.05, 0.1) is 11.6 Å². The molecule has 0 aromatic rings. The van der Waals surface area contributed by atoms with E-state index < -0.39 is 5.41 Å². The lowest BCUT2D eigenvalue weighted by atomic mass is 9.55. The third kappa shape index (κ3) is 1.78. The molecule has 1 saturated heterocycles. The summed E-state index contributed by atoms with van der Waals surface area (Å²) in [5.74, 6) is 0.470. The SMILES string of the molecule is CC1(C)C(O)=C(C#N)C[C@]2(C)CC(=O)NCC[C@@H]12. The summed E-state index contributed by atoms with van der Waals surface area (Å²) in [5, 5.41) is 22.3. The number of allylic oxidation sites excluding steroid dienone is 2. The molecular weight excluding hydrogens is 228 g/mol. The van der Waals surface area contributed by atoms with Crippen LogP contribution in [-0.2, 0) is 4.79 Å². The first-order valence-corrected chi connectivity index (χ1v) is 6.40. The summed E-state index contributed by atoms with van der Waals surface area (Å²) in [7, 11) is 0. The second-order valence-electron chi connectivity index (χ2n) is 6.36. The van der Waals surface area contributed by atoms with Gasteiger partial charge in [-0.3, -0.25) is 4.79 Å². The molecule has 0 unspecified atom stereocenters. The number of amides is 1. The number of hydrogen-bond donors (Lipinski definition) is 2. The highest BCUT2D eigenvalue weighted by atomic mass is 16.3. The van der Waals surface area contributed by atoms with Gasteiger partial charge in [0.2, 0.25) is 5.91 Å². The van der Waals surface area contributed by atoms with Crippen molar-refractivity contribution in [1.82, 2.24) is 5.32 Å². The molecule has 0 aromatic heterocycles. The number of hydrogen-bond acceptors (Lipinski definition) is 3. The minimum absolute atomic E-state index is 0.0504. The van der Waals surface area contributed by atoms with E-state index in [0.717, 1.165) is 6.42 Å². The average molecular weight is 248 g/mol. The number of aliphatic hydroxyl groups excluding tert-OH is 1. The first-order chi connectivity index (χ1) is 8.31. The third-order valence-electron chi connectivity index (χ3n) is 4.64. The molecule has 0 bridgehead atoms. The number of fused-ring (bicyclic) bond motifs is 1. The third-order valence-corrected chi connectivity index (χ3v) is 4.64. The molecule has 2 N–H and O–H groups in total. The largest absolute Gasteiger partial charge is 0.511 e. The minimum Gasteiger partial charge on any atom is -0.511 e. The monoisotopic (exact) mass is 248 g/mol. The lowest BCUT2D eigenvalue weighted by molar-refractivity contribution is -0.123. The van der Waals surface area contributed by atoms with Crippen molar-refractivity contribution in [3.63, 3.8) is 0 Å². The highest BCUT2D eigenvalue weighted by Gasteiger charge is 2.52. The molecule has 2 rings (SSSR count). The lowest BCUT2D eigenvalue weighted by Gasteiger charge is -2.48. The number of nitrogens with one attached hydrogen (secondary N) is 1. The molecule has 98 valence electrons. The van der Waals surface area contributed by atoms with Crippen LogP contribution < -0.4 is 5.32 Å². The Morgan fingerprint density at radius 2 is 2.06 bits per heavy atom. The zero-order valence-corrected chi connectivity index (χ0v) is 11.2. The second-order valence-corrected chi connectivity index (χ2v) is 6.36. The van der Waals surface area contributed by atoms with Crippen LogP contribution in [0.5, 0.6) is 0 Å². The van der Waals surface area contributed by atoms with Gasteiger partial charge in [0, 0.05) is 18.4 Å². The molecule has 4 heteroatoms. The topological polar surface area (TPSA) is 73.1 Å². The van der Waals surface area contributed by atoms with Crippen LogP contribution in [0, 0.1) is 28.1 Å². The number of nitrogens with zero attached hydrogens (tertiary/aromatic N) is 1. The maximum Gasteiger partial charge on any atom is 0.220 e. The molecule has 1 amide bonds. The summed E-state index contributed by atoms with van der Waals surface area (Å²) in [4.78, 5) is 11.8. The Morgan fingerprint density at radius 3 is 2.67 bits per heavy atom. The fourth-order valence-corrected chi connectivity index (χ4v) is 3.81. The summed E-state index contributed by atoms with van der Waals surface area (Å²) in [5.41, 5.74) is -0.236. The normalized spacial score (nSPS) is 35.2. The van der Waals surface area contributed by atoms with Crippen LogP contribution in [-0.4, -0.2) is 17.6 Å². The molecule has 1 aliphatic heterocycles. The van der Waals surface area contributed by atoms with E-state index in [9.17, 15) is 9.90 Å². The maximum absolute atomic E-state index is 11.8. The van der Waals surface area contributed by atoms with E-state index in [1.807, 2.05) is 13.8 Å². The van der Waals surface area contributed by atoms with Gasteiger partial charge >= 0.3 is 0 Å². The number of carbonyl (C=O) groups is 1. The van der Waals surface area contributed by atoms with Crippen molar-refractivity contribution < 1.29 is 9.90 Å². The van der Waals surface area contributed by atoms with E-state index in [1.54, 1.807) is 0 Å². The molecule has 2 aliphatic rings. The Kier molecular flexibility index (Phi) is 2.89. The van der Waals surface area contributed by atoms with Crippen LogP contribution in [0.2, 0.25) is 0 Å². The highest BCUT2D eigenvalue weighted by Crippen LogP contribution is 2.56. The average Bonchev–Trinajstić information content (AvgIpc) is 2.43. The highest BCUT2D eigenvalue weighted by molar-refractivity contribution is 5.77. The first kappa shape index (κ1) is 12.9. The smallest absolute Gasteiger partial charge is 0.220 e. The minimum atomic E-state index is -0.440. The Morgan fingerprint density at radius 1 is 1.39 bits per heavy atom. The maximum atomic E-state index is 11.8. The van der Waals surface area contributed by atoms with Crippen LogP contribution in [0.3, 0.4) is 0 Å². The molecule has 1 aliphatic carbocycles. The summed E-state index contributed by atoms with van der Waals surface area (Å²) in [6, 6.07) is 2.10. The van der Waals surface area contributed by atoms with Crippen LogP contribution in [0.4, 0.5) is 0 Å². The predicted octanol–water partition coefficient (Wildman–Crippen LogP) is 2.28. The van der Waals surface area contributed by atoms with Gasteiger partial charge in [-0.15, -0.1) is 0 Å². The van der Waals surface area contributed by atoms with E-state index in [-0.39, 0.29) is 23.0 Å². The van der Waals surface area contributed by atoms with Crippen LogP contribution >= 0.6 is 0 Å².